The highest BCUT2D eigenvalue weighted by Gasteiger charge is 2.48. The number of hydrogen-bond donors (Lipinski definition) is 2. The van der Waals surface area contributed by atoms with Gasteiger partial charge in [-0.2, -0.15) is 0 Å². The standard InChI is InChI=1S/C23H26N2O4/c1-3-14-6-5-7-15(4-2)21(14)25-23(27)18-13-17(18)22(26)24-16-8-9-19-20(12-16)29-11-10-28-19/h5-9,12,17-18H,3-4,10-11,13H2,1-2H3,(H,24,26)(H,25,27). The van der Waals surface area contributed by atoms with Crippen molar-refractivity contribution in [3.05, 3.63) is 47.5 Å². The Hall–Kier alpha value is -3.02. The van der Waals surface area contributed by atoms with Crippen LogP contribution in [0.4, 0.5) is 11.4 Å². The fourth-order valence-electron chi connectivity index (χ4n) is 3.75. The van der Waals surface area contributed by atoms with Gasteiger partial charge in [0.25, 0.3) is 0 Å². The van der Waals surface area contributed by atoms with Crippen molar-refractivity contribution in [1.29, 1.82) is 0 Å². The first-order chi connectivity index (χ1) is 14.1. The lowest BCUT2D eigenvalue weighted by molar-refractivity contribution is -0.122. The van der Waals surface area contributed by atoms with E-state index in [1.165, 1.54) is 0 Å². The van der Waals surface area contributed by atoms with Crippen LogP contribution < -0.4 is 20.1 Å². The van der Waals surface area contributed by atoms with Gasteiger partial charge in [-0.3, -0.25) is 9.59 Å². The Labute approximate surface area is 170 Å². The lowest BCUT2D eigenvalue weighted by Crippen LogP contribution is -2.22. The quantitative estimate of drug-likeness (QED) is 0.781. The first-order valence-electron chi connectivity index (χ1n) is 10.2. The zero-order valence-electron chi connectivity index (χ0n) is 16.8. The molecule has 2 atom stereocenters. The van der Waals surface area contributed by atoms with Crippen LogP contribution in [0, 0.1) is 11.8 Å². The van der Waals surface area contributed by atoms with Crippen LogP contribution in [0.15, 0.2) is 36.4 Å². The summed E-state index contributed by atoms with van der Waals surface area (Å²) in [6.07, 6.45) is 2.27. The third kappa shape index (κ3) is 4.06. The summed E-state index contributed by atoms with van der Waals surface area (Å²) in [5, 5.41) is 5.97. The summed E-state index contributed by atoms with van der Waals surface area (Å²) in [5.74, 6) is 0.495. The van der Waals surface area contributed by atoms with E-state index in [1.807, 2.05) is 18.2 Å². The van der Waals surface area contributed by atoms with E-state index in [0.29, 0.717) is 36.8 Å². The fourth-order valence-corrected chi connectivity index (χ4v) is 3.75. The van der Waals surface area contributed by atoms with Crippen molar-refractivity contribution in [2.24, 2.45) is 11.8 Å². The third-order valence-electron chi connectivity index (χ3n) is 5.52. The minimum absolute atomic E-state index is 0.0806. The Morgan fingerprint density at radius 2 is 1.52 bits per heavy atom. The smallest absolute Gasteiger partial charge is 0.228 e. The lowest BCUT2D eigenvalue weighted by atomic mass is 10.0. The number of para-hydroxylation sites is 1. The Balaban J connectivity index is 1.38. The molecule has 2 aromatic rings. The zero-order valence-corrected chi connectivity index (χ0v) is 16.8. The van der Waals surface area contributed by atoms with Gasteiger partial charge in [0.2, 0.25) is 11.8 Å². The van der Waals surface area contributed by atoms with E-state index in [1.54, 1.807) is 18.2 Å². The molecule has 0 radical (unpaired) electrons. The van der Waals surface area contributed by atoms with Crippen LogP contribution in [0.2, 0.25) is 0 Å². The van der Waals surface area contributed by atoms with Gasteiger partial charge in [-0.15, -0.1) is 0 Å². The second-order valence-corrected chi connectivity index (χ2v) is 7.44. The van der Waals surface area contributed by atoms with Gasteiger partial charge in [-0.1, -0.05) is 32.0 Å². The molecule has 2 amide bonds. The Morgan fingerprint density at radius 1 is 0.897 bits per heavy atom. The van der Waals surface area contributed by atoms with Crippen molar-refractivity contribution in [2.75, 3.05) is 23.8 Å². The van der Waals surface area contributed by atoms with Crippen molar-refractivity contribution < 1.29 is 19.1 Å². The van der Waals surface area contributed by atoms with Gasteiger partial charge in [0.1, 0.15) is 13.2 Å². The highest BCUT2D eigenvalue weighted by atomic mass is 16.6. The first kappa shape index (κ1) is 19.3. The van der Waals surface area contributed by atoms with Gasteiger partial charge in [-0.25, -0.2) is 0 Å². The molecule has 4 rings (SSSR count). The van der Waals surface area contributed by atoms with Gasteiger partial charge < -0.3 is 20.1 Å². The number of benzene rings is 2. The van der Waals surface area contributed by atoms with Gasteiger partial charge in [0.15, 0.2) is 11.5 Å². The van der Waals surface area contributed by atoms with E-state index < -0.39 is 0 Å². The van der Waals surface area contributed by atoms with E-state index in [0.717, 1.165) is 29.7 Å². The molecule has 0 spiro atoms. The monoisotopic (exact) mass is 394 g/mol. The molecule has 152 valence electrons. The van der Waals surface area contributed by atoms with Crippen molar-refractivity contribution >= 4 is 23.2 Å². The maximum Gasteiger partial charge on any atom is 0.228 e. The minimum Gasteiger partial charge on any atom is -0.486 e. The molecule has 2 unspecified atom stereocenters. The van der Waals surface area contributed by atoms with Crippen molar-refractivity contribution in [2.45, 2.75) is 33.1 Å². The van der Waals surface area contributed by atoms with Crippen LogP contribution in [0.25, 0.3) is 0 Å². The lowest BCUT2D eigenvalue weighted by Gasteiger charge is -2.19. The number of aryl methyl sites for hydroxylation is 2. The maximum atomic E-state index is 12.7. The number of hydrogen-bond acceptors (Lipinski definition) is 4. The number of nitrogens with one attached hydrogen (secondary N) is 2. The molecule has 1 heterocycles. The average molecular weight is 394 g/mol. The molecule has 0 aromatic heterocycles. The largest absolute Gasteiger partial charge is 0.486 e. The van der Waals surface area contributed by atoms with Crippen LogP contribution in [0.5, 0.6) is 11.5 Å². The van der Waals surface area contributed by atoms with Gasteiger partial charge >= 0.3 is 0 Å². The highest BCUT2D eigenvalue weighted by molar-refractivity contribution is 6.03. The molecule has 1 aliphatic carbocycles. The van der Waals surface area contributed by atoms with Crippen molar-refractivity contribution in [3.63, 3.8) is 0 Å². The first-order valence-corrected chi connectivity index (χ1v) is 10.2. The topological polar surface area (TPSA) is 76.7 Å². The van der Waals surface area contributed by atoms with Gasteiger partial charge in [0, 0.05) is 17.4 Å². The van der Waals surface area contributed by atoms with Crippen LogP contribution in [-0.4, -0.2) is 25.0 Å². The Bertz CT molecular complexity index is 918. The van der Waals surface area contributed by atoms with E-state index in [2.05, 4.69) is 24.5 Å². The molecule has 6 nitrogen and oxygen atoms in total. The summed E-state index contributed by atoms with van der Waals surface area (Å²) < 4.78 is 11.0. The van der Waals surface area contributed by atoms with Crippen molar-refractivity contribution in [3.8, 4) is 11.5 Å². The number of anilines is 2. The predicted octanol–water partition coefficient (Wildman–Crippen LogP) is 3.80. The maximum absolute atomic E-state index is 12.7. The summed E-state index contributed by atoms with van der Waals surface area (Å²) in [5.41, 5.74) is 3.79. The van der Waals surface area contributed by atoms with E-state index in [4.69, 9.17) is 9.47 Å². The predicted molar refractivity (Wildman–Crippen MR) is 111 cm³/mol. The summed E-state index contributed by atoms with van der Waals surface area (Å²) in [6.45, 7) is 5.17. The molecule has 6 heteroatoms. The number of carbonyl (C=O) groups is 2. The number of ether oxygens (including phenoxy) is 2. The summed E-state index contributed by atoms with van der Waals surface area (Å²) in [4.78, 5) is 25.3. The molecule has 29 heavy (non-hydrogen) atoms. The van der Waals surface area contributed by atoms with Crippen LogP contribution >= 0.6 is 0 Å². The number of carbonyl (C=O) groups excluding carboxylic acids is 2. The van der Waals surface area contributed by atoms with Crippen LogP contribution in [0.3, 0.4) is 0 Å². The minimum atomic E-state index is -0.304. The zero-order chi connectivity index (χ0) is 20.4. The van der Waals surface area contributed by atoms with Crippen LogP contribution in [-0.2, 0) is 22.4 Å². The molecule has 1 aliphatic heterocycles. The molecule has 2 aliphatic rings. The van der Waals surface area contributed by atoms with Crippen molar-refractivity contribution in [1.82, 2.24) is 0 Å². The molecule has 1 saturated carbocycles. The average Bonchev–Trinajstić information content (AvgIpc) is 3.55. The number of fused-ring (bicyclic) bond motifs is 1. The van der Waals surface area contributed by atoms with E-state index in [9.17, 15) is 9.59 Å². The summed E-state index contributed by atoms with van der Waals surface area (Å²) in [6, 6.07) is 11.4. The van der Waals surface area contributed by atoms with Gasteiger partial charge in [0.05, 0.1) is 11.8 Å². The number of amides is 2. The van der Waals surface area contributed by atoms with Gasteiger partial charge in [-0.05, 0) is 42.5 Å². The molecule has 0 bridgehead atoms. The third-order valence-corrected chi connectivity index (χ3v) is 5.52. The molecule has 1 fully saturated rings. The molecule has 0 saturated heterocycles. The van der Waals surface area contributed by atoms with E-state index >= 15 is 0 Å². The summed E-state index contributed by atoms with van der Waals surface area (Å²) >= 11 is 0. The molecule has 2 N–H and O–H groups in total. The normalized spacial score (nSPS) is 19.4. The highest BCUT2D eigenvalue weighted by Crippen LogP contribution is 2.41. The number of rotatable bonds is 6. The molecular formula is C23H26N2O4. The Kier molecular flexibility index (Phi) is 5.43. The van der Waals surface area contributed by atoms with E-state index in [-0.39, 0.29) is 23.7 Å². The summed E-state index contributed by atoms with van der Waals surface area (Å²) in [7, 11) is 0. The van der Waals surface area contributed by atoms with Crippen LogP contribution in [0.1, 0.15) is 31.4 Å². The SMILES string of the molecule is CCc1cccc(CC)c1NC(=O)C1CC1C(=O)Nc1ccc2c(c1)OCCO2. The molecular weight excluding hydrogens is 368 g/mol. The Morgan fingerprint density at radius 3 is 2.17 bits per heavy atom. The molecule has 2 aromatic carbocycles. The second-order valence-electron chi connectivity index (χ2n) is 7.44. The second kappa shape index (κ2) is 8.15. The fraction of sp³-hybridized carbons (Fsp3) is 0.391.